The van der Waals surface area contributed by atoms with Gasteiger partial charge in [0.15, 0.2) is 0 Å². The average Bonchev–Trinajstić information content (AvgIpc) is 2.79. The van der Waals surface area contributed by atoms with Gasteiger partial charge in [0.05, 0.1) is 19.3 Å². The Morgan fingerprint density at radius 2 is 1.83 bits per heavy atom. The molecule has 1 aliphatic heterocycles. The van der Waals surface area contributed by atoms with Crippen LogP contribution in [0.15, 0.2) is 54.6 Å². The van der Waals surface area contributed by atoms with E-state index in [-0.39, 0.29) is 17.9 Å². The molecule has 2 aromatic rings. The van der Waals surface area contributed by atoms with Crippen molar-refractivity contribution in [2.45, 2.75) is 6.04 Å². The van der Waals surface area contributed by atoms with Crippen LogP contribution in [0.1, 0.15) is 27.5 Å². The van der Waals surface area contributed by atoms with E-state index < -0.39 is 0 Å². The molecule has 0 saturated carbocycles. The van der Waals surface area contributed by atoms with Crippen LogP contribution in [0.4, 0.5) is 0 Å². The van der Waals surface area contributed by atoms with Crippen molar-refractivity contribution in [2.75, 3.05) is 39.9 Å². The lowest BCUT2D eigenvalue weighted by Gasteiger charge is -2.35. The summed E-state index contributed by atoms with van der Waals surface area (Å²) < 4.78 is 5.46. The fourth-order valence-electron chi connectivity index (χ4n) is 3.39. The monoisotopic (exact) mass is 427 g/mol. The second-order valence-corrected chi connectivity index (χ2v) is 7.37. The Bertz CT molecular complexity index is 893. The second-order valence-electron chi connectivity index (χ2n) is 6.97. The predicted octanol–water partition coefficient (Wildman–Crippen LogP) is 2.90. The minimum Gasteiger partial charge on any atom is -0.379 e. The molecule has 0 bridgehead atoms. The molecule has 3 rings (SSSR count). The van der Waals surface area contributed by atoms with E-state index in [9.17, 15) is 9.59 Å². The number of nitrogens with one attached hydrogen (secondary N) is 2. The van der Waals surface area contributed by atoms with Gasteiger partial charge in [-0.25, -0.2) is 0 Å². The van der Waals surface area contributed by atoms with E-state index in [2.05, 4.69) is 15.5 Å². The number of hydrogen-bond acceptors (Lipinski definition) is 4. The number of halogens is 1. The fourth-order valence-corrected chi connectivity index (χ4v) is 3.65. The van der Waals surface area contributed by atoms with Gasteiger partial charge in [-0.05, 0) is 35.4 Å². The van der Waals surface area contributed by atoms with Gasteiger partial charge in [-0.1, -0.05) is 41.9 Å². The smallest absolute Gasteiger partial charge is 0.251 e. The number of benzene rings is 2. The van der Waals surface area contributed by atoms with E-state index in [0.29, 0.717) is 30.3 Å². The van der Waals surface area contributed by atoms with Gasteiger partial charge >= 0.3 is 0 Å². The zero-order valence-electron chi connectivity index (χ0n) is 16.9. The molecular formula is C23H26ClN3O3. The summed E-state index contributed by atoms with van der Waals surface area (Å²) in [6.07, 6.45) is 3.22. The van der Waals surface area contributed by atoms with Crippen molar-refractivity contribution in [1.29, 1.82) is 0 Å². The first kappa shape index (κ1) is 22.0. The Morgan fingerprint density at radius 1 is 1.13 bits per heavy atom. The Balaban J connectivity index is 1.63. The highest BCUT2D eigenvalue weighted by atomic mass is 35.5. The van der Waals surface area contributed by atoms with Crippen molar-refractivity contribution < 1.29 is 14.3 Å². The fraction of sp³-hybridized carbons (Fsp3) is 0.304. The molecule has 1 aliphatic rings. The molecule has 1 atom stereocenters. The van der Waals surface area contributed by atoms with Crippen molar-refractivity contribution in [2.24, 2.45) is 0 Å². The maximum atomic E-state index is 12.4. The molecule has 2 N–H and O–H groups in total. The Hall–Kier alpha value is -2.67. The first-order valence-electron chi connectivity index (χ1n) is 9.93. The van der Waals surface area contributed by atoms with Crippen molar-refractivity contribution >= 4 is 29.5 Å². The Morgan fingerprint density at radius 3 is 2.50 bits per heavy atom. The van der Waals surface area contributed by atoms with Crippen molar-refractivity contribution in [3.63, 3.8) is 0 Å². The minimum atomic E-state index is -0.185. The van der Waals surface area contributed by atoms with Crippen LogP contribution in [0.25, 0.3) is 6.08 Å². The van der Waals surface area contributed by atoms with Gasteiger partial charge in [0.1, 0.15) is 0 Å². The first-order chi connectivity index (χ1) is 14.6. The molecule has 0 aliphatic carbocycles. The average molecular weight is 428 g/mol. The van der Waals surface area contributed by atoms with Gasteiger partial charge in [0.25, 0.3) is 5.91 Å². The summed E-state index contributed by atoms with van der Waals surface area (Å²) in [6.45, 7) is 3.36. The lowest BCUT2D eigenvalue weighted by atomic mass is 10.0. The van der Waals surface area contributed by atoms with Gasteiger partial charge in [-0.15, -0.1) is 0 Å². The molecule has 158 valence electrons. The maximum Gasteiger partial charge on any atom is 0.251 e. The number of ether oxygens (including phenoxy) is 1. The molecule has 1 unspecified atom stereocenters. The molecule has 1 fully saturated rings. The quantitative estimate of drug-likeness (QED) is 0.666. The zero-order chi connectivity index (χ0) is 21.3. The van der Waals surface area contributed by atoms with Crippen LogP contribution in [0, 0.1) is 0 Å². The molecule has 0 radical (unpaired) electrons. The van der Waals surface area contributed by atoms with Crippen LogP contribution < -0.4 is 10.6 Å². The highest BCUT2D eigenvalue weighted by Gasteiger charge is 2.24. The van der Waals surface area contributed by atoms with E-state index in [1.165, 1.54) is 6.08 Å². The number of morpholine rings is 1. The van der Waals surface area contributed by atoms with Crippen LogP contribution >= 0.6 is 11.6 Å². The number of carbonyl (C=O) groups excluding carboxylic acids is 2. The second kappa shape index (κ2) is 10.9. The summed E-state index contributed by atoms with van der Waals surface area (Å²) in [5.74, 6) is -0.326. The molecule has 2 amide bonds. The lowest BCUT2D eigenvalue weighted by Crippen LogP contribution is -2.43. The molecular weight excluding hydrogens is 402 g/mol. The van der Waals surface area contributed by atoms with Gasteiger partial charge in [0, 0.05) is 43.3 Å². The summed E-state index contributed by atoms with van der Waals surface area (Å²) in [5.41, 5.74) is 2.41. The normalized spacial score (nSPS) is 15.7. The summed E-state index contributed by atoms with van der Waals surface area (Å²) in [6, 6.07) is 14.8. The van der Waals surface area contributed by atoms with E-state index >= 15 is 0 Å². The number of amides is 2. The third kappa shape index (κ3) is 5.92. The van der Waals surface area contributed by atoms with Crippen LogP contribution in [-0.2, 0) is 9.53 Å². The summed E-state index contributed by atoms with van der Waals surface area (Å²) in [7, 11) is 1.59. The minimum absolute atomic E-state index is 0.0215. The molecule has 0 spiro atoms. The van der Waals surface area contributed by atoms with Crippen LogP contribution in [-0.4, -0.2) is 56.6 Å². The van der Waals surface area contributed by atoms with Gasteiger partial charge < -0.3 is 15.4 Å². The maximum absolute atomic E-state index is 12.4. The van der Waals surface area contributed by atoms with Gasteiger partial charge in [0.2, 0.25) is 5.91 Å². The number of nitrogens with zero attached hydrogens (tertiary/aromatic N) is 1. The van der Waals surface area contributed by atoms with Gasteiger partial charge in [-0.3, -0.25) is 14.5 Å². The molecule has 1 heterocycles. The predicted molar refractivity (Wildman–Crippen MR) is 118 cm³/mol. The number of hydrogen-bond donors (Lipinski definition) is 2. The van der Waals surface area contributed by atoms with Gasteiger partial charge in [-0.2, -0.15) is 0 Å². The SMILES string of the molecule is CNC(=O)c1ccc(/C=C/C(=O)NCC(c2ccccc2Cl)N2CCOCC2)cc1. The molecule has 30 heavy (non-hydrogen) atoms. The molecule has 7 heteroatoms. The first-order valence-corrected chi connectivity index (χ1v) is 10.3. The summed E-state index contributed by atoms with van der Waals surface area (Å²) in [5, 5.41) is 6.25. The largest absolute Gasteiger partial charge is 0.379 e. The van der Waals surface area contributed by atoms with E-state index in [1.807, 2.05) is 24.3 Å². The number of rotatable bonds is 7. The van der Waals surface area contributed by atoms with E-state index in [0.717, 1.165) is 24.2 Å². The van der Waals surface area contributed by atoms with Crippen LogP contribution in [0.5, 0.6) is 0 Å². The number of carbonyl (C=O) groups is 2. The molecule has 2 aromatic carbocycles. The zero-order valence-corrected chi connectivity index (χ0v) is 17.7. The van der Waals surface area contributed by atoms with Crippen LogP contribution in [0.3, 0.4) is 0 Å². The highest BCUT2D eigenvalue weighted by molar-refractivity contribution is 6.31. The topological polar surface area (TPSA) is 70.7 Å². The van der Waals surface area contributed by atoms with E-state index in [1.54, 1.807) is 37.4 Å². The summed E-state index contributed by atoms with van der Waals surface area (Å²) >= 11 is 6.43. The van der Waals surface area contributed by atoms with Crippen molar-refractivity contribution in [3.8, 4) is 0 Å². The highest BCUT2D eigenvalue weighted by Crippen LogP contribution is 2.27. The molecule has 1 saturated heterocycles. The third-order valence-electron chi connectivity index (χ3n) is 5.05. The van der Waals surface area contributed by atoms with Crippen molar-refractivity contribution in [3.05, 3.63) is 76.3 Å². The van der Waals surface area contributed by atoms with Crippen molar-refractivity contribution in [1.82, 2.24) is 15.5 Å². The molecule has 0 aromatic heterocycles. The van der Waals surface area contributed by atoms with E-state index in [4.69, 9.17) is 16.3 Å². The van der Waals surface area contributed by atoms with Crippen LogP contribution in [0.2, 0.25) is 5.02 Å². The standard InChI is InChI=1S/C23H26ClN3O3/c1-25-23(29)18-9-6-17(7-10-18)8-11-22(28)26-16-21(27-12-14-30-15-13-27)19-4-2-3-5-20(19)24/h2-11,21H,12-16H2,1H3,(H,25,29)(H,26,28)/b11-8+. The Kier molecular flexibility index (Phi) is 8.02. The lowest BCUT2D eigenvalue weighted by molar-refractivity contribution is -0.116. The molecule has 6 nitrogen and oxygen atoms in total. The summed E-state index contributed by atoms with van der Waals surface area (Å²) in [4.78, 5) is 26.3. The third-order valence-corrected chi connectivity index (χ3v) is 5.39. The Labute approximate surface area is 181 Å².